The van der Waals surface area contributed by atoms with Crippen LogP contribution in [-0.4, -0.2) is 13.4 Å². The van der Waals surface area contributed by atoms with Crippen LogP contribution < -0.4 is 10.9 Å². The molecule has 0 aliphatic rings. The predicted octanol–water partition coefficient (Wildman–Crippen LogP) is 2.12. The second-order valence-corrected chi connectivity index (χ2v) is 6.64. The molecule has 0 fully saturated rings. The minimum absolute atomic E-state index is 0.00347. The van der Waals surface area contributed by atoms with Gasteiger partial charge in [-0.2, -0.15) is 0 Å². The van der Waals surface area contributed by atoms with Gasteiger partial charge in [0, 0.05) is 16.8 Å². The van der Waals surface area contributed by atoms with Gasteiger partial charge in [0.25, 0.3) is 0 Å². The molecule has 2 aromatic rings. The minimum atomic E-state index is -3.77. The van der Waals surface area contributed by atoms with Gasteiger partial charge in [-0.3, -0.25) is 0 Å². The standard InChI is InChI=1S/C11H10ClN3O2S2/c12-8-2-1-5-15-11(8)18-10-6-7(19(14,16)17)3-4-9(10)13/h1-6H,13H2,(H2,14,16,17). The number of benzene rings is 1. The van der Waals surface area contributed by atoms with Crippen LogP contribution in [0.15, 0.2) is 51.3 Å². The smallest absolute Gasteiger partial charge is 0.238 e. The Morgan fingerprint density at radius 3 is 2.63 bits per heavy atom. The number of hydrogen-bond donors (Lipinski definition) is 2. The number of halogens is 1. The minimum Gasteiger partial charge on any atom is -0.398 e. The molecule has 0 amide bonds. The Morgan fingerprint density at radius 1 is 1.26 bits per heavy atom. The summed E-state index contributed by atoms with van der Waals surface area (Å²) in [5, 5.41) is 6.09. The Labute approximate surface area is 120 Å². The summed E-state index contributed by atoms with van der Waals surface area (Å²) in [6.45, 7) is 0. The van der Waals surface area contributed by atoms with Crippen LogP contribution in [0.3, 0.4) is 0 Å². The number of aromatic nitrogens is 1. The summed E-state index contributed by atoms with van der Waals surface area (Å²) in [7, 11) is -3.77. The van der Waals surface area contributed by atoms with Gasteiger partial charge in [0.15, 0.2) is 0 Å². The van der Waals surface area contributed by atoms with E-state index in [9.17, 15) is 8.42 Å². The molecule has 0 aliphatic carbocycles. The van der Waals surface area contributed by atoms with E-state index < -0.39 is 10.0 Å². The van der Waals surface area contributed by atoms with E-state index in [4.69, 9.17) is 22.5 Å². The first-order valence-electron chi connectivity index (χ1n) is 5.08. The second-order valence-electron chi connectivity index (χ2n) is 3.64. The van der Waals surface area contributed by atoms with E-state index in [1.165, 1.54) is 30.0 Å². The lowest BCUT2D eigenvalue weighted by molar-refractivity contribution is 0.597. The van der Waals surface area contributed by atoms with Crippen molar-refractivity contribution >= 4 is 39.1 Å². The Balaban J connectivity index is 2.43. The molecule has 5 nitrogen and oxygen atoms in total. The number of nitrogens with zero attached hydrogens (tertiary/aromatic N) is 1. The van der Waals surface area contributed by atoms with Crippen molar-refractivity contribution in [3.63, 3.8) is 0 Å². The van der Waals surface area contributed by atoms with Crippen molar-refractivity contribution in [1.29, 1.82) is 0 Å². The number of sulfonamides is 1. The molecule has 0 aliphatic heterocycles. The molecule has 100 valence electrons. The number of primary sulfonamides is 1. The van der Waals surface area contributed by atoms with Crippen LogP contribution in [0.1, 0.15) is 0 Å². The normalized spacial score (nSPS) is 11.5. The maximum Gasteiger partial charge on any atom is 0.238 e. The van der Waals surface area contributed by atoms with Crippen LogP contribution in [0.4, 0.5) is 5.69 Å². The Bertz CT molecular complexity index is 720. The largest absolute Gasteiger partial charge is 0.398 e. The van der Waals surface area contributed by atoms with E-state index >= 15 is 0 Å². The van der Waals surface area contributed by atoms with Gasteiger partial charge in [-0.1, -0.05) is 23.4 Å². The zero-order valence-corrected chi connectivity index (χ0v) is 12.0. The highest BCUT2D eigenvalue weighted by molar-refractivity contribution is 7.99. The van der Waals surface area contributed by atoms with Gasteiger partial charge in [0.1, 0.15) is 5.03 Å². The van der Waals surface area contributed by atoms with Crippen molar-refractivity contribution in [2.75, 3.05) is 5.73 Å². The maximum atomic E-state index is 11.3. The summed E-state index contributed by atoms with van der Waals surface area (Å²) in [5.74, 6) is 0. The molecule has 0 bridgehead atoms. The van der Waals surface area contributed by atoms with E-state index in [0.717, 1.165) is 0 Å². The summed E-state index contributed by atoms with van der Waals surface area (Å²) < 4.78 is 22.6. The van der Waals surface area contributed by atoms with E-state index in [1.807, 2.05) is 0 Å². The highest BCUT2D eigenvalue weighted by Gasteiger charge is 2.12. The second kappa shape index (κ2) is 5.38. The van der Waals surface area contributed by atoms with Crippen molar-refractivity contribution < 1.29 is 8.42 Å². The summed E-state index contributed by atoms with van der Waals surface area (Å²) in [5.41, 5.74) is 6.23. The molecule has 19 heavy (non-hydrogen) atoms. The summed E-state index contributed by atoms with van der Waals surface area (Å²) in [6, 6.07) is 7.64. The van der Waals surface area contributed by atoms with Crippen molar-refractivity contribution in [2.24, 2.45) is 5.14 Å². The van der Waals surface area contributed by atoms with E-state index in [1.54, 1.807) is 18.3 Å². The van der Waals surface area contributed by atoms with Gasteiger partial charge < -0.3 is 5.73 Å². The van der Waals surface area contributed by atoms with Crippen LogP contribution in [0.5, 0.6) is 0 Å². The first kappa shape index (κ1) is 14.1. The number of anilines is 1. The fourth-order valence-electron chi connectivity index (χ4n) is 1.33. The van der Waals surface area contributed by atoms with Crippen molar-refractivity contribution in [3.05, 3.63) is 41.6 Å². The fourth-order valence-corrected chi connectivity index (χ4v) is 3.04. The van der Waals surface area contributed by atoms with Gasteiger partial charge in [0.2, 0.25) is 10.0 Å². The summed E-state index contributed by atoms with van der Waals surface area (Å²) >= 11 is 7.17. The van der Waals surface area contributed by atoms with Gasteiger partial charge in [0.05, 0.1) is 9.92 Å². The SMILES string of the molecule is Nc1ccc(S(N)(=O)=O)cc1Sc1ncccc1Cl. The lowest BCUT2D eigenvalue weighted by Gasteiger charge is -2.07. The molecule has 0 spiro atoms. The zero-order chi connectivity index (χ0) is 14.0. The number of nitrogens with two attached hydrogens (primary N) is 2. The Kier molecular flexibility index (Phi) is 4.00. The zero-order valence-electron chi connectivity index (χ0n) is 9.58. The van der Waals surface area contributed by atoms with Crippen LogP contribution in [0.25, 0.3) is 0 Å². The highest BCUT2D eigenvalue weighted by Crippen LogP contribution is 2.35. The molecule has 1 aromatic carbocycles. The molecular formula is C11H10ClN3O2S2. The van der Waals surface area contributed by atoms with Crippen LogP contribution in [0.2, 0.25) is 5.02 Å². The molecule has 0 saturated carbocycles. The predicted molar refractivity (Wildman–Crippen MR) is 75.6 cm³/mol. The molecule has 1 heterocycles. The molecule has 4 N–H and O–H groups in total. The van der Waals surface area contributed by atoms with E-state index in [2.05, 4.69) is 4.98 Å². The van der Waals surface area contributed by atoms with Crippen LogP contribution in [-0.2, 0) is 10.0 Å². The molecule has 1 aromatic heterocycles. The molecule has 0 atom stereocenters. The molecule has 8 heteroatoms. The van der Waals surface area contributed by atoms with Crippen molar-refractivity contribution in [1.82, 2.24) is 4.98 Å². The fraction of sp³-hybridized carbons (Fsp3) is 0. The molecule has 0 radical (unpaired) electrons. The number of rotatable bonds is 3. The number of hydrogen-bond acceptors (Lipinski definition) is 5. The topological polar surface area (TPSA) is 99.1 Å². The molecule has 0 unspecified atom stereocenters. The average Bonchev–Trinajstić information content (AvgIpc) is 2.33. The van der Waals surface area contributed by atoms with E-state index in [0.29, 0.717) is 20.6 Å². The number of nitrogen functional groups attached to an aromatic ring is 1. The third-order valence-corrected chi connectivity index (χ3v) is 4.67. The third kappa shape index (κ3) is 3.38. The lowest BCUT2D eigenvalue weighted by atomic mass is 10.3. The first-order valence-corrected chi connectivity index (χ1v) is 7.83. The highest BCUT2D eigenvalue weighted by atomic mass is 35.5. The van der Waals surface area contributed by atoms with Crippen LogP contribution in [0, 0.1) is 0 Å². The summed E-state index contributed by atoms with van der Waals surface area (Å²) in [6.07, 6.45) is 1.59. The van der Waals surface area contributed by atoms with Gasteiger partial charge in [-0.05, 0) is 30.3 Å². The molecule has 0 saturated heterocycles. The van der Waals surface area contributed by atoms with Gasteiger partial charge in [-0.15, -0.1) is 0 Å². The third-order valence-electron chi connectivity index (χ3n) is 2.24. The Hall–Kier alpha value is -1.28. The lowest BCUT2D eigenvalue weighted by Crippen LogP contribution is -2.12. The van der Waals surface area contributed by atoms with Gasteiger partial charge in [-0.25, -0.2) is 18.5 Å². The molecule has 2 rings (SSSR count). The van der Waals surface area contributed by atoms with Crippen LogP contribution >= 0.6 is 23.4 Å². The average molecular weight is 316 g/mol. The van der Waals surface area contributed by atoms with E-state index in [-0.39, 0.29) is 4.90 Å². The quantitative estimate of drug-likeness (QED) is 0.845. The molecular weight excluding hydrogens is 306 g/mol. The maximum absolute atomic E-state index is 11.3. The van der Waals surface area contributed by atoms with Crippen molar-refractivity contribution in [3.8, 4) is 0 Å². The van der Waals surface area contributed by atoms with Gasteiger partial charge >= 0.3 is 0 Å². The Morgan fingerprint density at radius 2 is 2.00 bits per heavy atom. The monoisotopic (exact) mass is 315 g/mol. The summed E-state index contributed by atoms with van der Waals surface area (Å²) in [4.78, 5) is 4.63. The number of pyridine rings is 1. The van der Waals surface area contributed by atoms with Crippen molar-refractivity contribution in [2.45, 2.75) is 14.8 Å². The first-order chi connectivity index (χ1) is 8.88.